The molecule has 2 unspecified atom stereocenters. The van der Waals surface area contributed by atoms with Gasteiger partial charge in [-0.1, -0.05) is 36.0 Å². The highest BCUT2D eigenvalue weighted by molar-refractivity contribution is 8.04. The molecule has 0 saturated heterocycles. The topological polar surface area (TPSA) is 99.5 Å². The number of thiazole rings is 1. The van der Waals surface area contributed by atoms with Crippen LogP contribution in [0, 0.1) is 5.41 Å². The Hall–Kier alpha value is -2.68. The first-order chi connectivity index (χ1) is 13.7. The van der Waals surface area contributed by atoms with E-state index in [0.717, 1.165) is 22.8 Å². The van der Waals surface area contributed by atoms with Gasteiger partial charge in [0.15, 0.2) is 4.87 Å². The Morgan fingerprint density at radius 2 is 1.76 bits per heavy atom. The van der Waals surface area contributed by atoms with Crippen molar-refractivity contribution in [3.63, 3.8) is 0 Å². The number of amidine groups is 1. The standard InChI is InChI=1S/C20H18N6S2.ClH/c21-19(22)20(17(10-11-28-20)18-12-27-13-23-18)24-14-6-8-16(9-7-14)26-25-15-4-2-1-3-5-15;/h1-13,17,24H,(H3,21,22);1H. The van der Waals surface area contributed by atoms with Gasteiger partial charge >= 0.3 is 0 Å². The molecule has 6 nitrogen and oxygen atoms in total. The number of hydrogen-bond donors (Lipinski definition) is 3. The van der Waals surface area contributed by atoms with Crippen molar-refractivity contribution in [2.75, 3.05) is 5.32 Å². The molecule has 2 aromatic carbocycles. The van der Waals surface area contributed by atoms with Gasteiger partial charge < -0.3 is 11.1 Å². The summed E-state index contributed by atoms with van der Waals surface area (Å²) in [5.74, 6) is -0.0490. The molecule has 1 aromatic heterocycles. The number of nitrogens with zero attached hydrogens (tertiary/aromatic N) is 3. The predicted molar refractivity (Wildman–Crippen MR) is 124 cm³/mol. The summed E-state index contributed by atoms with van der Waals surface area (Å²) in [6.45, 7) is 0. The molecule has 0 fully saturated rings. The largest absolute Gasteiger partial charge is 0.385 e. The molecule has 2 heterocycles. The second kappa shape index (κ2) is 9.21. The van der Waals surface area contributed by atoms with E-state index in [1.165, 1.54) is 23.1 Å². The van der Waals surface area contributed by atoms with E-state index in [0.29, 0.717) is 0 Å². The lowest BCUT2D eigenvalue weighted by Gasteiger charge is -2.34. The van der Waals surface area contributed by atoms with Crippen LogP contribution in [0.3, 0.4) is 0 Å². The van der Waals surface area contributed by atoms with E-state index in [4.69, 9.17) is 11.1 Å². The van der Waals surface area contributed by atoms with Crippen LogP contribution in [0.1, 0.15) is 11.6 Å². The minimum atomic E-state index is -0.791. The fraction of sp³-hybridized carbons (Fsp3) is 0.100. The van der Waals surface area contributed by atoms with Crippen molar-refractivity contribution in [1.29, 1.82) is 5.41 Å². The van der Waals surface area contributed by atoms with E-state index in [1.54, 1.807) is 5.51 Å². The number of nitrogens with two attached hydrogens (primary N) is 1. The third kappa shape index (κ3) is 4.50. The van der Waals surface area contributed by atoms with Crippen molar-refractivity contribution in [2.24, 2.45) is 16.0 Å². The van der Waals surface area contributed by atoms with Gasteiger partial charge in [0.2, 0.25) is 0 Å². The highest BCUT2D eigenvalue weighted by Gasteiger charge is 2.46. The first-order valence-corrected chi connectivity index (χ1v) is 10.4. The molecule has 9 heteroatoms. The van der Waals surface area contributed by atoms with Crippen molar-refractivity contribution in [2.45, 2.75) is 10.8 Å². The Morgan fingerprint density at radius 3 is 2.38 bits per heavy atom. The van der Waals surface area contributed by atoms with Gasteiger partial charge in [-0.15, -0.1) is 23.7 Å². The zero-order valence-corrected chi connectivity index (χ0v) is 17.7. The molecule has 0 saturated carbocycles. The number of aromatic nitrogens is 1. The molecule has 0 amide bonds. The fourth-order valence-corrected chi connectivity index (χ4v) is 4.65. The zero-order chi connectivity index (χ0) is 19.4. The second-order valence-corrected chi connectivity index (χ2v) is 8.06. The van der Waals surface area contributed by atoms with Gasteiger partial charge in [-0.25, -0.2) is 4.98 Å². The summed E-state index contributed by atoms with van der Waals surface area (Å²) >= 11 is 3.03. The van der Waals surface area contributed by atoms with E-state index in [-0.39, 0.29) is 24.2 Å². The maximum absolute atomic E-state index is 8.22. The maximum Gasteiger partial charge on any atom is 0.157 e. The lowest BCUT2D eigenvalue weighted by Crippen LogP contribution is -2.49. The molecular formula is C20H19ClN6S2. The van der Waals surface area contributed by atoms with Crippen molar-refractivity contribution >= 4 is 58.4 Å². The molecule has 148 valence electrons. The Kier molecular flexibility index (Phi) is 6.68. The molecular weight excluding hydrogens is 424 g/mol. The van der Waals surface area contributed by atoms with Crippen LogP contribution in [0.2, 0.25) is 0 Å². The van der Waals surface area contributed by atoms with E-state index in [1.807, 2.05) is 71.5 Å². The molecule has 4 rings (SSSR count). The number of halogens is 1. The van der Waals surface area contributed by atoms with Crippen LogP contribution in [-0.4, -0.2) is 15.7 Å². The summed E-state index contributed by atoms with van der Waals surface area (Å²) in [5.41, 5.74) is 11.1. The van der Waals surface area contributed by atoms with Gasteiger partial charge in [0.05, 0.1) is 28.5 Å². The maximum atomic E-state index is 8.22. The Labute approximate surface area is 183 Å². The van der Waals surface area contributed by atoms with Gasteiger partial charge in [-0.2, -0.15) is 10.2 Å². The number of nitrogens with one attached hydrogen (secondary N) is 2. The summed E-state index contributed by atoms with van der Waals surface area (Å²) in [7, 11) is 0. The van der Waals surface area contributed by atoms with Gasteiger partial charge in [0.1, 0.15) is 5.84 Å². The number of hydrogen-bond acceptors (Lipinski definition) is 7. The lowest BCUT2D eigenvalue weighted by atomic mass is 9.95. The monoisotopic (exact) mass is 442 g/mol. The minimum Gasteiger partial charge on any atom is -0.385 e. The average molecular weight is 443 g/mol. The summed E-state index contributed by atoms with van der Waals surface area (Å²) in [5, 5.41) is 24.1. The van der Waals surface area contributed by atoms with Gasteiger partial charge in [0, 0.05) is 11.1 Å². The number of anilines is 1. The Balaban J connectivity index is 0.00000240. The number of rotatable bonds is 6. The van der Waals surface area contributed by atoms with E-state index < -0.39 is 4.87 Å². The van der Waals surface area contributed by atoms with Crippen LogP contribution in [-0.2, 0) is 0 Å². The summed E-state index contributed by atoms with van der Waals surface area (Å²) in [6, 6.07) is 17.2. The van der Waals surface area contributed by atoms with Gasteiger partial charge in [-0.05, 0) is 41.8 Å². The average Bonchev–Trinajstić information content (AvgIpc) is 3.38. The Bertz CT molecular complexity index is 1010. The molecule has 0 bridgehead atoms. The molecule has 0 aliphatic carbocycles. The zero-order valence-electron chi connectivity index (χ0n) is 15.2. The van der Waals surface area contributed by atoms with Crippen LogP contribution in [0.25, 0.3) is 0 Å². The number of azo groups is 1. The molecule has 1 aliphatic rings. The van der Waals surface area contributed by atoms with Crippen LogP contribution in [0.15, 0.2) is 87.2 Å². The summed E-state index contributed by atoms with van der Waals surface area (Å²) < 4.78 is 0. The van der Waals surface area contributed by atoms with Crippen molar-refractivity contribution in [1.82, 2.24) is 4.98 Å². The third-order valence-corrected chi connectivity index (χ3v) is 6.21. The van der Waals surface area contributed by atoms with Crippen LogP contribution >= 0.6 is 35.5 Å². The summed E-state index contributed by atoms with van der Waals surface area (Å²) in [4.78, 5) is 3.63. The molecule has 2 atom stereocenters. The first kappa shape index (κ1) is 21.0. The minimum absolute atomic E-state index is 0. The van der Waals surface area contributed by atoms with E-state index in [2.05, 4.69) is 20.5 Å². The predicted octanol–water partition coefficient (Wildman–Crippen LogP) is 6.07. The van der Waals surface area contributed by atoms with Crippen LogP contribution < -0.4 is 11.1 Å². The molecule has 1 aliphatic heterocycles. The fourth-order valence-electron chi connectivity index (χ4n) is 2.96. The van der Waals surface area contributed by atoms with Crippen molar-refractivity contribution in [3.05, 3.63) is 82.7 Å². The van der Waals surface area contributed by atoms with Crippen LogP contribution in [0.4, 0.5) is 17.1 Å². The highest BCUT2D eigenvalue weighted by Crippen LogP contribution is 2.47. The second-order valence-electron chi connectivity index (χ2n) is 6.19. The molecule has 29 heavy (non-hydrogen) atoms. The van der Waals surface area contributed by atoms with Gasteiger partial charge in [0.25, 0.3) is 0 Å². The molecule has 3 aromatic rings. The van der Waals surface area contributed by atoms with Crippen LogP contribution in [0.5, 0.6) is 0 Å². The first-order valence-electron chi connectivity index (χ1n) is 8.59. The third-order valence-electron chi connectivity index (χ3n) is 4.37. The van der Waals surface area contributed by atoms with E-state index in [9.17, 15) is 0 Å². The lowest BCUT2D eigenvalue weighted by molar-refractivity contribution is 0.729. The quantitative estimate of drug-likeness (QED) is 0.245. The summed E-state index contributed by atoms with van der Waals surface area (Å²) in [6.07, 6.45) is 2.04. The molecule has 0 radical (unpaired) electrons. The normalized spacial score (nSPS) is 20.5. The van der Waals surface area contributed by atoms with Crippen molar-refractivity contribution < 1.29 is 0 Å². The highest BCUT2D eigenvalue weighted by atomic mass is 35.5. The number of benzene rings is 2. The smallest absolute Gasteiger partial charge is 0.157 e. The van der Waals surface area contributed by atoms with Gasteiger partial charge in [-0.3, -0.25) is 5.41 Å². The molecule has 4 N–H and O–H groups in total. The molecule has 0 spiro atoms. The SMILES string of the molecule is Cl.N=C(N)C1(Nc2ccc(N=Nc3ccccc3)cc2)SC=CC1c1cscn1. The van der Waals surface area contributed by atoms with Crippen molar-refractivity contribution in [3.8, 4) is 0 Å². The number of thioether (sulfide) groups is 1. The van der Waals surface area contributed by atoms with E-state index >= 15 is 0 Å². The Morgan fingerprint density at radius 1 is 1.07 bits per heavy atom.